The van der Waals surface area contributed by atoms with Crippen LogP contribution in [0.2, 0.25) is 5.02 Å². The number of nitrogens with zero attached hydrogens (tertiary/aromatic N) is 1. The molecule has 2 aromatic carbocycles. The van der Waals surface area contributed by atoms with Gasteiger partial charge in [-0.3, -0.25) is 14.4 Å². The third-order valence-electron chi connectivity index (χ3n) is 7.15. The van der Waals surface area contributed by atoms with Crippen molar-refractivity contribution in [2.45, 2.75) is 63.9 Å². The van der Waals surface area contributed by atoms with E-state index >= 15 is 0 Å². The fourth-order valence-corrected chi connectivity index (χ4v) is 5.09. The van der Waals surface area contributed by atoms with Gasteiger partial charge < -0.3 is 19.8 Å². The highest BCUT2D eigenvalue weighted by atomic mass is 35.5. The Morgan fingerprint density at radius 2 is 1.84 bits per heavy atom. The minimum Gasteiger partial charge on any atom is -0.378 e. The van der Waals surface area contributed by atoms with E-state index in [1.807, 2.05) is 25.1 Å². The van der Waals surface area contributed by atoms with Crippen LogP contribution in [0.5, 0.6) is 0 Å². The monoisotopic (exact) mass is 534 g/mol. The first-order chi connectivity index (χ1) is 18.3. The molecule has 0 radical (unpaired) electrons. The van der Waals surface area contributed by atoms with E-state index in [0.717, 1.165) is 40.7 Å². The summed E-state index contributed by atoms with van der Waals surface area (Å²) in [5.41, 5.74) is 9.77. The minimum atomic E-state index is -0.705. The molecule has 1 aliphatic carbocycles. The lowest BCUT2D eigenvalue weighted by Gasteiger charge is -2.25. The first-order valence-electron chi connectivity index (χ1n) is 13.0. The van der Waals surface area contributed by atoms with Crippen molar-refractivity contribution in [3.8, 4) is 11.1 Å². The Morgan fingerprint density at radius 1 is 1.11 bits per heavy atom. The van der Waals surface area contributed by atoms with Crippen LogP contribution in [0.15, 0.2) is 59.5 Å². The Hall–Kier alpha value is -3.26. The Kier molecular flexibility index (Phi) is 7.79. The van der Waals surface area contributed by atoms with Crippen molar-refractivity contribution in [1.82, 2.24) is 4.57 Å². The van der Waals surface area contributed by atoms with Crippen molar-refractivity contribution in [3.63, 3.8) is 0 Å². The zero-order chi connectivity index (χ0) is 26.8. The number of hydrogen-bond acceptors (Lipinski definition) is 5. The van der Waals surface area contributed by atoms with Gasteiger partial charge in [-0.25, -0.2) is 0 Å². The molecule has 3 aromatic rings. The number of fused-ring (bicyclic) bond motifs is 3. The molecule has 0 spiro atoms. The number of halogens is 1. The van der Waals surface area contributed by atoms with Crippen molar-refractivity contribution in [3.05, 3.63) is 92.4 Å². The molecule has 8 heteroatoms. The molecule has 0 saturated heterocycles. The number of ketones is 1. The molecule has 2 N–H and O–H groups in total. The number of carbonyl (C=O) groups is 2. The Bertz CT molecular complexity index is 1410. The number of hydrogen-bond donors (Lipinski definition) is 1. The van der Waals surface area contributed by atoms with E-state index in [-0.39, 0.29) is 30.0 Å². The Morgan fingerprint density at radius 3 is 2.55 bits per heavy atom. The van der Waals surface area contributed by atoms with Crippen LogP contribution in [0.1, 0.15) is 59.3 Å². The third kappa shape index (κ3) is 6.07. The maximum absolute atomic E-state index is 13.6. The lowest BCUT2D eigenvalue weighted by molar-refractivity contribution is -0.122. The van der Waals surface area contributed by atoms with E-state index in [4.69, 9.17) is 26.8 Å². The van der Waals surface area contributed by atoms with Crippen LogP contribution >= 0.6 is 11.6 Å². The smallest absolute Gasteiger partial charge is 0.251 e. The Labute approximate surface area is 226 Å². The number of carbonyl (C=O) groups excluding carboxylic acids is 2. The van der Waals surface area contributed by atoms with E-state index in [0.29, 0.717) is 36.6 Å². The summed E-state index contributed by atoms with van der Waals surface area (Å²) in [6, 6.07) is 13.2. The molecular formula is C30H31ClN2O5. The van der Waals surface area contributed by atoms with Gasteiger partial charge in [0.1, 0.15) is 0 Å². The molecule has 2 aliphatic rings. The topological polar surface area (TPSA) is 101 Å². The summed E-state index contributed by atoms with van der Waals surface area (Å²) >= 11 is 6.33. The second-order valence-electron chi connectivity index (χ2n) is 10.2. The molecule has 1 fully saturated rings. The number of rotatable bonds is 9. The maximum atomic E-state index is 13.6. The van der Waals surface area contributed by atoms with Gasteiger partial charge in [-0.15, -0.1) is 0 Å². The van der Waals surface area contributed by atoms with Gasteiger partial charge in [0.2, 0.25) is 5.91 Å². The highest BCUT2D eigenvalue weighted by Gasteiger charge is 2.27. The van der Waals surface area contributed by atoms with Gasteiger partial charge in [0, 0.05) is 41.4 Å². The van der Waals surface area contributed by atoms with E-state index in [9.17, 15) is 14.4 Å². The largest absolute Gasteiger partial charge is 0.378 e. The van der Waals surface area contributed by atoms with Gasteiger partial charge in [-0.05, 0) is 79.1 Å². The number of amides is 1. The number of benzene rings is 2. The molecule has 2 atom stereocenters. The molecule has 1 aliphatic heterocycles. The van der Waals surface area contributed by atoms with Gasteiger partial charge >= 0.3 is 0 Å². The average molecular weight is 535 g/mol. The van der Waals surface area contributed by atoms with Gasteiger partial charge in [0.25, 0.3) is 5.56 Å². The number of primary amides is 1. The standard InChI is InChI=1S/C30H31ClN2O5/c1-18-12-21-6-7-23(31)14-25(21)26-15-29(35)33(16-22(26)17-38-18)27(10-11-37-24-8-9-24)28(34)13-19-2-4-20(5-3-19)30(32)36/h2-7,14-16,18,24,27H,8-13,17H2,1H3,(H2,32,36)/t18-,27+/m1/s1. The molecule has 7 nitrogen and oxygen atoms in total. The summed E-state index contributed by atoms with van der Waals surface area (Å²) < 4.78 is 13.5. The van der Waals surface area contributed by atoms with Crippen LogP contribution in [0.4, 0.5) is 0 Å². The van der Waals surface area contributed by atoms with Crippen LogP contribution < -0.4 is 11.3 Å². The summed E-state index contributed by atoms with van der Waals surface area (Å²) in [5, 5.41) is 0.598. The zero-order valence-electron chi connectivity index (χ0n) is 21.3. The predicted octanol–water partition coefficient (Wildman–Crippen LogP) is 4.65. The number of nitrogens with two attached hydrogens (primary N) is 1. The lowest BCUT2D eigenvalue weighted by Crippen LogP contribution is -2.32. The molecule has 198 valence electrons. The van der Waals surface area contributed by atoms with Gasteiger partial charge in [-0.1, -0.05) is 29.8 Å². The maximum Gasteiger partial charge on any atom is 0.251 e. The van der Waals surface area contributed by atoms with Crippen molar-refractivity contribution >= 4 is 23.3 Å². The summed E-state index contributed by atoms with van der Waals surface area (Å²) in [6.45, 7) is 2.72. The zero-order valence-corrected chi connectivity index (χ0v) is 22.1. The van der Waals surface area contributed by atoms with E-state index < -0.39 is 11.9 Å². The molecule has 0 unspecified atom stereocenters. The predicted molar refractivity (Wildman–Crippen MR) is 145 cm³/mol. The lowest BCUT2D eigenvalue weighted by atomic mass is 9.92. The first-order valence-corrected chi connectivity index (χ1v) is 13.3. The van der Waals surface area contributed by atoms with Crippen LogP contribution in [0.3, 0.4) is 0 Å². The fourth-order valence-electron chi connectivity index (χ4n) is 4.92. The molecular weight excluding hydrogens is 504 g/mol. The second kappa shape index (κ2) is 11.2. The highest BCUT2D eigenvalue weighted by Crippen LogP contribution is 2.33. The molecule has 5 rings (SSSR count). The number of aromatic nitrogens is 1. The number of pyridine rings is 1. The van der Waals surface area contributed by atoms with Crippen LogP contribution in [-0.4, -0.2) is 35.1 Å². The minimum absolute atomic E-state index is 0.0174. The van der Waals surface area contributed by atoms with Gasteiger partial charge in [0.15, 0.2) is 5.78 Å². The quantitative estimate of drug-likeness (QED) is 0.430. The summed E-state index contributed by atoms with van der Waals surface area (Å²) in [7, 11) is 0. The summed E-state index contributed by atoms with van der Waals surface area (Å²) in [5.74, 6) is -0.633. The molecule has 0 bridgehead atoms. The van der Waals surface area contributed by atoms with Crippen molar-refractivity contribution in [1.29, 1.82) is 0 Å². The van der Waals surface area contributed by atoms with Gasteiger partial charge in [-0.2, -0.15) is 0 Å². The average Bonchev–Trinajstić information content (AvgIpc) is 3.71. The molecule has 1 aromatic heterocycles. The van der Waals surface area contributed by atoms with Crippen molar-refractivity contribution < 1.29 is 19.1 Å². The molecule has 1 saturated carbocycles. The summed E-state index contributed by atoms with van der Waals surface area (Å²) in [4.78, 5) is 38.5. The number of Topliss-reactive ketones (excluding diaryl/α,β-unsaturated/α-hetero) is 1. The van der Waals surface area contributed by atoms with E-state index in [1.54, 1.807) is 36.5 Å². The highest BCUT2D eigenvalue weighted by molar-refractivity contribution is 6.30. The van der Waals surface area contributed by atoms with Crippen LogP contribution in [0.25, 0.3) is 11.1 Å². The third-order valence-corrected chi connectivity index (χ3v) is 7.38. The first kappa shape index (κ1) is 26.4. The van der Waals surface area contributed by atoms with E-state index in [2.05, 4.69) is 0 Å². The number of ether oxygens (including phenoxy) is 2. The SMILES string of the molecule is C[C@@H]1Cc2ccc(Cl)cc2-c2cc(=O)n([C@@H](CCOC3CC3)C(=O)Cc3ccc(C(N)=O)cc3)cc2CO1. The van der Waals surface area contributed by atoms with Crippen LogP contribution in [0, 0.1) is 0 Å². The summed E-state index contributed by atoms with van der Waals surface area (Å²) in [6.07, 6.45) is 5.25. The van der Waals surface area contributed by atoms with Crippen LogP contribution in [-0.2, 0) is 33.7 Å². The molecule has 38 heavy (non-hydrogen) atoms. The fraction of sp³-hybridized carbons (Fsp3) is 0.367. The normalized spacial score (nSPS) is 17.6. The molecule has 2 heterocycles. The van der Waals surface area contributed by atoms with E-state index in [1.165, 1.54) is 4.57 Å². The van der Waals surface area contributed by atoms with Crippen molar-refractivity contribution in [2.24, 2.45) is 5.73 Å². The Balaban J connectivity index is 1.49. The van der Waals surface area contributed by atoms with Crippen molar-refractivity contribution in [2.75, 3.05) is 6.61 Å². The van der Waals surface area contributed by atoms with Gasteiger partial charge in [0.05, 0.1) is 24.9 Å². The molecule has 1 amide bonds. The second-order valence-corrected chi connectivity index (χ2v) is 10.6.